The van der Waals surface area contributed by atoms with Crippen LogP contribution >= 0.6 is 0 Å². The maximum atomic E-state index is 12.2. The minimum atomic E-state index is 0.342. The fourth-order valence-corrected chi connectivity index (χ4v) is 3.80. The topological polar surface area (TPSA) is 23.6 Å². The molecule has 0 aliphatic carbocycles. The van der Waals surface area contributed by atoms with E-state index in [1.165, 1.54) is 18.4 Å². The first-order chi connectivity index (χ1) is 10.8. The standard InChI is InChI=1S/C19H26N2O/c1-2-19(22)21-17-10-11-18(21)15-20(14-12-17)13-6-9-16-7-4-3-5-8-16/h3-9,17-18H,2,10-15H2,1H3. The van der Waals surface area contributed by atoms with Gasteiger partial charge in [0.25, 0.3) is 0 Å². The van der Waals surface area contributed by atoms with E-state index < -0.39 is 0 Å². The van der Waals surface area contributed by atoms with Gasteiger partial charge in [0.1, 0.15) is 0 Å². The van der Waals surface area contributed by atoms with Crippen LogP contribution in [0.1, 0.15) is 38.2 Å². The summed E-state index contributed by atoms with van der Waals surface area (Å²) >= 11 is 0. The van der Waals surface area contributed by atoms with Crippen LogP contribution in [0.5, 0.6) is 0 Å². The molecule has 2 unspecified atom stereocenters. The zero-order chi connectivity index (χ0) is 15.4. The van der Waals surface area contributed by atoms with Gasteiger partial charge < -0.3 is 4.90 Å². The van der Waals surface area contributed by atoms with E-state index in [-0.39, 0.29) is 0 Å². The third-order valence-corrected chi connectivity index (χ3v) is 4.93. The molecule has 3 rings (SSSR count). The van der Waals surface area contributed by atoms with Gasteiger partial charge in [-0.05, 0) is 24.8 Å². The van der Waals surface area contributed by atoms with Gasteiger partial charge in [-0.1, -0.05) is 49.4 Å². The molecule has 3 nitrogen and oxygen atoms in total. The second kappa shape index (κ2) is 7.10. The predicted octanol–water partition coefficient (Wildman–Crippen LogP) is 3.18. The van der Waals surface area contributed by atoms with Gasteiger partial charge in [0.2, 0.25) is 5.91 Å². The molecule has 2 fully saturated rings. The highest BCUT2D eigenvalue weighted by Gasteiger charge is 2.38. The van der Waals surface area contributed by atoms with Gasteiger partial charge in [0.05, 0.1) is 0 Å². The molecular formula is C19H26N2O. The summed E-state index contributed by atoms with van der Waals surface area (Å²) in [5, 5.41) is 0. The SMILES string of the molecule is CCC(=O)N1C2CCC1CN(CC=Cc1ccccc1)CC2. The summed E-state index contributed by atoms with van der Waals surface area (Å²) in [6, 6.07) is 11.4. The lowest BCUT2D eigenvalue weighted by atomic mass is 10.1. The van der Waals surface area contributed by atoms with Crippen molar-refractivity contribution in [3.8, 4) is 0 Å². The van der Waals surface area contributed by atoms with Crippen LogP contribution in [0.25, 0.3) is 6.08 Å². The monoisotopic (exact) mass is 298 g/mol. The van der Waals surface area contributed by atoms with Crippen LogP contribution in [0.2, 0.25) is 0 Å². The maximum Gasteiger partial charge on any atom is 0.222 e. The molecule has 2 atom stereocenters. The summed E-state index contributed by atoms with van der Waals surface area (Å²) < 4.78 is 0. The third kappa shape index (κ3) is 3.41. The maximum absolute atomic E-state index is 12.2. The largest absolute Gasteiger partial charge is 0.335 e. The van der Waals surface area contributed by atoms with E-state index in [2.05, 4.69) is 46.2 Å². The van der Waals surface area contributed by atoms with Crippen molar-refractivity contribution in [1.82, 2.24) is 9.80 Å². The molecule has 1 aromatic carbocycles. The quantitative estimate of drug-likeness (QED) is 0.852. The first-order valence-corrected chi connectivity index (χ1v) is 8.53. The van der Waals surface area contributed by atoms with Crippen LogP contribution in [-0.4, -0.2) is 47.4 Å². The lowest BCUT2D eigenvalue weighted by molar-refractivity contribution is -0.133. The van der Waals surface area contributed by atoms with Crippen molar-refractivity contribution >= 4 is 12.0 Å². The highest BCUT2D eigenvalue weighted by molar-refractivity contribution is 5.77. The molecule has 0 saturated carbocycles. The molecule has 3 heteroatoms. The minimum Gasteiger partial charge on any atom is -0.335 e. The zero-order valence-corrected chi connectivity index (χ0v) is 13.4. The van der Waals surface area contributed by atoms with E-state index in [1.807, 2.05) is 13.0 Å². The van der Waals surface area contributed by atoms with Crippen LogP contribution < -0.4 is 0 Å². The minimum absolute atomic E-state index is 0.342. The lowest BCUT2D eigenvalue weighted by Gasteiger charge is -2.28. The van der Waals surface area contributed by atoms with E-state index >= 15 is 0 Å². The third-order valence-electron chi connectivity index (χ3n) is 4.93. The van der Waals surface area contributed by atoms with Crippen molar-refractivity contribution in [3.05, 3.63) is 42.0 Å². The number of likely N-dealkylation sites (tertiary alicyclic amines) is 1. The van der Waals surface area contributed by atoms with Crippen LogP contribution in [0.4, 0.5) is 0 Å². The average Bonchev–Trinajstić information content (AvgIpc) is 2.84. The molecule has 1 aromatic rings. The predicted molar refractivity (Wildman–Crippen MR) is 90.5 cm³/mol. The summed E-state index contributed by atoms with van der Waals surface area (Å²) in [4.78, 5) is 16.9. The molecule has 2 aliphatic rings. The Morgan fingerprint density at radius 3 is 2.73 bits per heavy atom. The van der Waals surface area contributed by atoms with E-state index in [0.717, 1.165) is 26.1 Å². The molecule has 2 saturated heterocycles. The summed E-state index contributed by atoms with van der Waals surface area (Å²) in [7, 11) is 0. The average molecular weight is 298 g/mol. The van der Waals surface area contributed by atoms with Crippen molar-refractivity contribution in [1.29, 1.82) is 0 Å². The molecule has 22 heavy (non-hydrogen) atoms. The number of carbonyl (C=O) groups is 1. The van der Waals surface area contributed by atoms with Gasteiger partial charge in [0.15, 0.2) is 0 Å². The van der Waals surface area contributed by atoms with Crippen molar-refractivity contribution in [2.24, 2.45) is 0 Å². The molecule has 0 radical (unpaired) electrons. The molecule has 0 aromatic heterocycles. The zero-order valence-electron chi connectivity index (χ0n) is 13.4. The second-order valence-corrected chi connectivity index (χ2v) is 6.40. The Kier molecular flexibility index (Phi) is 4.94. The number of rotatable bonds is 4. The van der Waals surface area contributed by atoms with Crippen molar-refractivity contribution in [2.45, 2.75) is 44.7 Å². The number of benzene rings is 1. The number of amides is 1. The second-order valence-electron chi connectivity index (χ2n) is 6.40. The van der Waals surface area contributed by atoms with Gasteiger partial charge in [-0.3, -0.25) is 9.69 Å². The molecule has 0 N–H and O–H groups in total. The normalized spacial score (nSPS) is 25.6. The fraction of sp³-hybridized carbons (Fsp3) is 0.526. The van der Waals surface area contributed by atoms with Crippen LogP contribution in [-0.2, 0) is 4.79 Å². The number of hydrogen-bond acceptors (Lipinski definition) is 2. The first-order valence-electron chi connectivity index (χ1n) is 8.53. The van der Waals surface area contributed by atoms with Crippen molar-refractivity contribution in [2.75, 3.05) is 19.6 Å². The van der Waals surface area contributed by atoms with Gasteiger partial charge in [-0.2, -0.15) is 0 Å². The Labute approximate surface area is 133 Å². The summed E-state index contributed by atoms with van der Waals surface area (Å²) in [5.74, 6) is 0.342. The first kappa shape index (κ1) is 15.3. The van der Waals surface area contributed by atoms with E-state index in [4.69, 9.17) is 0 Å². The Balaban J connectivity index is 1.58. The molecule has 2 heterocycles. The molecule has 0 spiro atoms. The highest BCUT2D eigenvalue weighted by atomic mass is 16.2. The van der Waals surface area contributed by atoms with Gasteiger partial charge in [0, 0.05) is 38.1 Å². The van der Waals surface area contributed by atoms with E-state index in [0.29, 0.717) is 24.4 Å². The Morgan fingerprint density at radius 1 is 1.18 bits per heavy atom. The summed E-state index contributed by atoms with van der Waals surface area (Å²) in [5.41, 5.74) is 1.25. The fourth-order valence-electron chi connectivity index (χ4n) is 3.80. The molecule has 118 valence electrons. The Hall–Kier alpha value is -1.61. The van der Waals surface area contributed by atoms with Crippen molar-refractivity contribution in [3.63, 3.8) is 0 Å². The van der Waals surface area contributed by atoms with E-state index in [1.54, 1.807) is 0 Å². The van der Waals surface area contributed by atoms with E-state index in [9.17, 15) is 4.79 Å². The molecular weight excluding hydrogens is 272 g/mol. The lowest BCUT2D eigenvalue weighted by Crippen LogP contribution is -2.42. The van der Waals surface area contributed by atoms with Crippen LogP contribution in [0.3, 0.4) is 0 Å². The van der Waals surface area contributed by atoms with Gasteiger partial charge in [-0.25, -0.2) is 0 Å². The summed E-state index contributed by atoms with van der Waals surface area (Å²) in [6.45, 7) is 5.09. The molecule has 2 bridgehead atoms. The number of hydrogen-bond donors (Lipinski definition) is 0. The Bertz CT molecular complexity index is 525. The van der Waals surface area contributed by atoms with Gasteiger partial charge in [-0.15, -0.1) is 0 Å². The number of carbonyl (C=O) groups excluding carboxylic acids is 1. The van der Waals surface area contributed by atoms with Crippen LogP contribution in [0, 0.1) is 0 Å². The van der Waals surface area contributed by atoms with Crippen LogP contribution in [0.15, 0.2) is 36.4 Å². The smallest absolute Gasteiger partial charge is 0.222 e. The molecule has 1 amide bonds. The Morgan fingerprint density at radius 2 is 1.95 bits per heavy atom. The highest BCUT2D eigenvalue weighted by Crippen LogP contribution is 2.30. The van der Waals surface area contributed by atoms with Crippen molar-refractivity contribution < 1.29 is 4.79 Å². The number of fused-ring (bicyclic) bond motifs is 2. The van der Waals surface area contributed by atoms with Gasteiger partial charge >= 0.3 is 0 Å². The molecule has 2 aliphatic heterocycles. The summed E-state index contributed by atoms with van der Waals surface area (Å²) in [6.07, 6.45) is 8.58. The number of nitrogens with zero attached hydrogens (tertiary/aromatic N) is 2.